The van der Waals surface area contributed by atoms with Crippen LogP contribution in [-0.2, 0) is 5.41 Å². The monoisotopic (exact) mass is 477 g/mol. The summed E-state index contributed by atoms with van der Waals surface area (Å²) in [6.45, 7) is 6.66. The predicted molar refractivity (Wildman–Crippen MR) is 152 cm³/mol. The summed E-state index contributed by atoms with van der Waals surface area (Å²) in [6, 6.07) is 34.1. The van der Waals surface area contributed by atoms with E-state index in [2.05, 4.69) is 116 Å². The maximum absolute atomic E-state index is 5.76. The van der Waals surface area contributed by atoms with Crippen molar-refractivity contribution in [1.82, 2.24) is 4.57 Å². The van der Waals surface area contributed by atoms with E-state index in [-0.39, 0.29) is 5.41 Å². The van der Waals surface area contributed by atoms with E-state index in [4.69, 9.17) is 4.74 Å². The average Bonchev–Trinajstić information content (AvgIpc) is 3.40. The molecule has 1 aliphatic carbocycles. The van der Waals surface area contributed by atoms with Gasteiger partial charge >= 0.3 is 0 Å². The summed E-state index contributed by atoms with van der Waals surface area (Å²) in [5, 5.41) is 2.56. The lowest BCUT2D eigenvalue weighted by Gasteiger charge is -2.39. The highest BCUT2D eigenvalue weighted by molar-refractivity contribution is 6.14. The van der Waals surface area contributed by atoms with Gasteiger partial charge < -0.3 is 9.30 Å². The van der Waals surface area contributed by atoms with Crippen molar-refractivity contribution in [2.24, 2.45) is 0 Å². The lowest BCUT2D eigenvalue weighted by Crippen LogP contribution is -2.33. The van der Waals surface area contributed by atoms with Crippen molar-refractivity contribution < 1.29 is 4.74 Å². The second-order valence-electron chi connectivity index (χ2n) is 10.6. The van der Waals surface area contributed by atoms with E-state index in [0.717, 1.165) is 5.75 Å². The zero-order valence-corrected chi connectivity index (χ0v) is 21.5. The molecule has 37 heavy (non-hydrogen) atoms. The largest absolute Gasteiger partial charge is 0.496 e. The van der Waals surface area contributed by atoms with Crippen LogP contribution in [0.5, 0.6) is 5.75 Å². The summed E-state index contributed by atoms with van der Waals surface area (Å²) in [4.78, 5) is 0. The summed E-state index contributed by atoms with van der Waals surface area (Å²) < 4.78 is 8.26. The molecule has 2 heteroatoms. The SMILES string of the molecule is COc1ccc2c(c1C)c1cccc3c1n2-c1ccccc1C31c2ccccc2-c2cc(C)c(C)cc21. The van der Waals surface area contributed by atoms with Gasteiger partial charge in [0.15, 0.2) is 0 Å². The Labute approximate surface area is 216 Å². The van der Waals surface area contributed by atoms with Crippen LogP contribution in [0, 0.1) is 20.8 Å². The van der Waals surface area contributed by atoms with Gasteiger partial charge in [0, 0.05) is 16.3 Å². The normalized spacial score (nSPS) is 16.8. The van der Waals surface area contributed by atoms with Gasteiger partial charge in [-0.05, 0) is 83.5 Å². The molecular formula is C35H27NO. The molecule has 0 fully saturated rings. The molecule has 1 unspecified atom stereocenters. The van der Waals surface area contributed by atoms with Crippen LogP contribution in [0.3, 0.4) is 0 Å². The van der Waals surface area contributed by atoms with Crippen LogP contribution >= 0.6 is 0 Å². The lowest BCUT2D eigenvalue weighted by atomic mass is 9.65. The number of benzene rings is 5. The quantitative estimate of drug-likeness (QED) is 0.231. The van der Waals surface area contributed by atoms with E-state index >= 15 is 0 Å². The summed E-state index contributed by atoms with van der Waals surface area (Å²) in [5.74, 6) is 0.932. The Balaban J connectivity index is 1.67. The van der Waals surface area contributed by atoms with Gasteiger partial charge in [-0.2, -0.15) is 0 Å². The van der Waals surface area contributed by atoms with E-state index < -0.39 is 0 Å². The van der Waals surface area contributed by atoms with Crippen molar-refractivity contribution in [2.45, 2.75) is 26.2 Å². The van der Waals surface area contributed by atoms with Crippen molar-refractivity contribution in [3.63, 3.8) is 0 Å². The van der Waals surface area contributed by atoms with Gasteiger partial charge in [0.05, 0.1) is 29.2 Å². The van der Waals surface area contributed by atoms with Gasteiger partial charge in [0.25, 0.3) is 0 Å². The zero-order valence-electron chi connectivity index (χ0n) is 21.5. The Bertz CT molecular complexity index is 1960. The first kappa shape index (κ1) is 20.8. The van der Waals surface area contributed by atoms with Gasteiger partial charge in [-0.3, -0.25) is 0 Å². The molecule has 2 aliphatic rings. The van der Waals surface area contributed by atoms with Crippen molar-refractivity contribution >= 4 is 21.8 Å². The summed E-state index contributed by atoms with van der Waals surface area (Å²) in [6.07, 6.45) is 0. The van der Waals surface area contributed by atoms with Crippen LogP contribution < -0.4 is 4.74 Å². The minimum absolute atomic E-state index is 0.372. The third-order valence-corrected chi connectivity index (χ3v) is 9.00. The Hall–Kier alpha value is -4.30. The highest BCUT2D eigenvalue weighted by atomic mass is 16.5. The van der Waals surface area contributed by atoms with Crippen molar-refractivity contribution in [3.8, 4) is 22.6 Å². The first-order valence-corrected chi connectivity index (χ1v) is 13.0. The van der Waals surface area contributed by atoms with E-state index in [1.54, 1.807) is 7.11 Å². The van der Waals surface area contributed by atoms with E-state index in [1.807, 2.05) is 0 Å². The van der Waals surface area contributed by atoms with Crippen LogP contribution in [-0.4, -0.2) is 11.7 Å². The molecule has 0 N–H and O–H groups in total. The Kier molecular flexibility index (Phi) is 3.90. The molecule has 1 aromatic heterocycles. The van der Waals surface area contributed by atoms with E-state index in [0.29, 0.717) is 0 Å². The Morgan fingerprint density at radius 3 is 2.22 bits per heavy atom. The van der Waals surface area contributed by atoms with Crippen LogP contribution in [0.1, 0.15) is 38.9 Å². The molecule has 0 saturated heterocycles. The maximum Gasteiger partial charge on any atom is 0.122 e. The number of fused-ring (bicyclic) bond motifs is 12. The number of ether oxygens (including phenoxy) is 1. The fourth-order valence-corrected chi connectivity index (χ4v) is 7.34. The first-order chi connectivity index (χ1) is 18.1. The molecule has 0 saturated carbocycles. The second-order valence-corrected chi connectivity index (χ2v) is 10.6. The number of para-hydroxylation sites is 2. The minimum atomic E-state index is -0.372. The molecule has 8 rings (SSSR count). The number of nitrogens with zero attached hydrogens (tertiary/aromatic N) is 1. The summed E-state index contributed by atoms with van der Waals surface area (Å²) >= 11 is 0. The fraction of sp³-hybridized carbons (Fsp3) is 0.143. The molecule has 0 bridgehead atoms. The van der Waals surface area contributed by atoms with Gasteiger partial charge in [-0.1, -0.05) is 72.8 Å². The summed E-state index contributed by atoms with van der Waals surface area (Å²) in [7, 11) is 1.76. The number of aromatic nitrogens is 1. The highest BCUT2D eigenvalue weighted by Crippen LogP contribution is 2.61. The molecule has 2 nitrogen and oxygen atoms in total. The molecular weight excluding hydrogens is 450 g/mol. The standard InChI is InChI=1S/C35H27NO/c1-20-18-25-23-10-5-6-12-26(23)35(29(25)19-21(20)2)27-13-7-8-15-30(27)36-31-16-17-32(37-4)22(3)33(31)24-11-9-14-28(35)34(24)36/h5-19H,1-4H3. The minimum Gasteiger partial charge on any atom is -0.496 e. The molecule has 1 atom stereocenters. The number of hydrogen-bond donors (Lipinski definition) is 0. The average molecular weight is 478 g/mol. The first-order valence-electron chi connectivity index (χ1n) is 13.0. The van der Waals surface area contributed by atoms with Gasteiger partial charge in [-0.15, -0.1) is 0 Å². The zero-order chi connectivity index (χ0) is 25.1. The number of hydrogen-bond acceptors (Lipinski definition) is 1. The highest BCUT2D eigenvalue weighted by Gasteiger charge is 2.50. The van der Waals surface area contributed by atoms with Crippen LogP contribution in [0.15, 0.2) is 91.0 Å². The number of rotatable bonds is 1. The molecule has 178 valence electrons. The fourth-order valence-electron chi connectivity index (χ4n) is 7.34. The molecule has 1 spiro atoms. The van der Waals surface area contributed by atoms with E-state index in [9.17, 15) is 0 Å². The molecule has 1 aliphatic heterocycles. The molecule has 2 heterocycles. The number of aryl methyl sites for hydroxylation is 3. The third kappa shape index (κ3) is 2.28. The van der Waals surface area contributed by atoms with Crippen molar-refractivity contribution in [3.05, 3.63) is 130 Å². The molecule has 0 amide bonds. The van der Waals surface area contributed by atoms with Crippen LogP contribution in [0.4, 0.5) is 0 Å². The molecule has 0 radical (unpaired) electrons. The van der Waals surface area contributed by atoms with Gasteiger partial charge in [0.1, 0.15) is 5.75 Å². The van der Waals surface area contributed by atoms with Crippen molar-refractivity contribution in [1.29, 1.82) is 0 Å². The smallest absolute Gasteiger partial charge is 0.122 e. The predicted octanol–water partition coefficient (Wildman–Crippen LogP) is 8.39. The van der Waals surface area contributed by atoms with Crippen LogP contribution in [0.2, 0.25) is 0 Å². The summed E-state index contributed by atoms with van der Waals surface area (Å²) in [5.41, 5.74) is 15.4. The topological polar surface area (TPSA) is 14.2 Å². The van der Waals surface area contributed by atoms with Crippen molar-refractivity contribution in [2.75, 3.05) is 7.11 Å². The van der Waals surface area contributed by atoms with E-state index in [1.165, 1.54) is 77.6 Å². The second kappa shape index (κ2) is 6.92. The Morgan fingerprint density at radius 1 is 0.649 bits per heavy atom. The lowest BCUT2D eigenvalue weighted by molar-refractivity contribution is 0.412. The van der Waals surface area contributed by atoms with Gasteiger partial charge in [0.2, 0.25) is 0 Å². The third-order valence-electron chi connectivity index (χ3n) is 9.00. The van der Waals surface area contributed by atoms with Gasteiger partial charge in [-0.25, -0.2) is 0 Å². The van der Waals surface area contributed by atoms with Crippen LogP contribution in [0.25, 0.3) is 38.6 Å². The Morgan fingerprint density at radius 2 is 1.38 bits per heavy atom. The molecule has 6 aromatic rings. The maximum atomic E-state index is 5.76. The molecule has 5 aromatic carbocycles. The number of methoxy groups -OCH3 is 1.